The summed E-state index contributed by atoms with van der Waals surface area (Å²) in [4.78, 5) is 10.9. The summed E-state index contributed by atoms with van der Waals surface area (Å²) in [5, 5.41) is 8.34. The lowest BCUT2D eigenvalue weighted by molar-refractivity contribution is -0.104. The Morgan fingerprint density at radius 1 is 0.842 bits per heavy atom. The third-order valence-electron chi connectivity index (χ3n) is 3.23. The van der Waals surface area contributed by atoms with Crippen molar-refractivity contribution in [2.45, 2.75) is 5.54 Å². The highest BCUT2D eigenvalue weighted by molar-refractivity contribution is 5.74. The first-order valence-electron chi connectivity index (χ1n) is 6.07. The van der Waals surface area contributed by atoms with Crippen LogP contribution in [0.4, 0.5) is 0 Å². The van der Waals surface area contributed by atoms with Crippen LogP contribution in [0.3, 0.4) is 0 Å². The second-order valence-electron chi connectivity index (χ2n) is 4.39. The minimum atomic E-state index is -0.682. The van der Waals surface area contributed by atoms with Crippen molar-refractivity contribution in [2.24, 2.45) is 10.2 Å². The molecule has 0 amide bonds. The van der Waals surface area contributed by atoms with Gasteiger partial charge in [0.25, 0.3) is 0 Å². The molecule has 1 aliphatic rings. The van der Waals surface area contributed by atoms with E-state index >= 15 is 0 Å². The van der Waals surface area contributed by atoms with Gasteiger partial charge in [0.15, 0.2) is 11.8 Å². The smallest absolute Gasteiger partial charge is 0.170 e. The van der Waals surface area contributed by atoms with Crippen LogP contribution in [0.25, 0.3) is 0 Å². The number of carbonyl (C=O) groups excluding carboxylic acids is 1. The van der Waals surface area contributed by atoms with E-state index in [4.69, 9.17) is 0 Å². The molecule has 0 aliphatic carbocycles. The van der Waals surface area contributed by atoms with Crippen molar-refractivity contribution < 1.29 is 4.79 Å². The number of hydrogen-bond donors (Lipinski definition) is 0. The van der Waals surface area contributed by atoms with Crippen molar-refractivity contribution in [2.75, 3.05) is 0 Å². The van der Waals surface area contributed by atoms with Gasteiger partial charge in [-0.3, -0.25) is 4.79 Å². The Balaban J connectivity index is 2.22. The van der Waals surface area contributed by atoms with Gasteiger partial charge < -0.3 is 0 Å². The summed E-state index contributed by atoms with van der Waals surface area (Å²) < 4.78 is 0. The SMILES string of the molecule is O=CC1=CC(c2ccccc2)(c2ccccc2)N=N1. The Bertz CT molecular complexity index is 605. The molecule has 2 aromatic carbocycles. The Morgan fingerprint density at radius 2 is 1.37 bits per heavy atom. The minimum Gasteiger partial charge on any atom is -0.296 e. The second kappa shape index (κ2) is 4.61. The quantitative estimate of drug-likeness (QED) is 0.767. The number of benzene rings is 2. The average Bonchev–Trinajstić information content (AvgIpc) is 2.95. The van der Waals surface area contributed by atoms with Gasteiger partial charge in [0.1, 0.15) is 5.70 Å². The third kappa shape index (κ3) is 1.89. The zero-order valence-electron chi connectivity index (χ0n) is 10.2. The number of hydrogen-bond acceptors (Lipinski definition) is 3. The first-order valence-corrected chi connectivity index (χ1v) is 6.07. The molecule has 1 heterocycles. The Hall–Kier alpha value is -2.55. The highest BCUT2D eigenvalue weighted by Gasteiger charge is 2.35. The zero-order chi connectivity index (χ0) is 13.1. The molecular weight excluding hydrogens is 236 g/mol. The molecule has 0 saturated carbocycles. The lowest BCUT2D eigenvalue weighted by Crippen LogP contribution is -2.20. The highest BCUT2D eigenvalue weighted by Crippen LogP contribution is 2.40. The van der Waals surface area contributed by atoms with Gasteiger partial charge in [-0.25, -0.2) is 0 Å². The molecule has 3 heteroatoms. The summed E-state index contributed by atoms with van der Waals surface area (Å²) in [7, 11) is 0. The molecule has 0 aromatic heterocycles. The molecule has 2 aromatic rings. The van der Waals surface area contributed by atoms with E-state index in [0.29, 0.717) is 5.70 Å². The molecule has 0 N–H and O–H groups in total. The number of allylic oxidation sites excluding steroid dienone is 1. The van der Waals surface area contributed by atoms with Crippen molar-refractivity contribution >= 4 is 6.29 Å². The van der Waals surface area contributed by atoms with Gasteiger partial charge in [-0.15, -0.1) is 0 Å². The molecule has 0 unspecified atom stereocenters. The molecule has 0 atom stereocenters. The lowest BCUT2D eigenvalue weighted by atomic mass is 9.83. The minimum absolute atomic E-state index is 0.368. The summed E-state index contributed by atoms with van der Waals surface area (Å²) in [6.45, 7) is 0. The maximum Gasteiger partial charge on any atom is 0.170 e. The van der Waals surface area contributed by atoms with Crippen LogP contribution in [0.2, 0.25) is 0 Å². The lowest BCUT2D eigenvalue weighted by Gasteiger charge is -2.23. The van der Waals surface area contributed by atoms with Gasteiger partial charge in [0.05, 0.1) is 0 Å². The van der Waals surface area contributed by atoms with Gasteiger partial charge in [0.2, 0.25) is 0 Å². The van der Waals surface area contributed by atoms with Crippen molar-refractivity contribution in [1.82, 2.24) is 0 Å². The molecule has 0 fully saturated rings. The van der Waals surface area contributed by atoms with Crippen molar-refractivity contribution in [3.8, 4) is 0 Å². The van der Waals surface area contributed by atoms with Crippen molar-refractivity contribution in [3.63, 3.8) is 0 Å². The fourth-order valence-corrected chi connectivity index (χ4v) is 2.30. The van der Waals surface area contributed by atoms with Gasteiger partial charge in [-0.05, 0) is 17.2 Å². The van der Waals surface area contributed by atoms with Crippen LogP contribution in [0.15, 0.2) is 82.7 Å². The normalized spacial score (nSPS) is 16.1. The maximum atomic E-state index is 10.9. The predicted molar refractivity (Wildman–Crippen MR) is 72.7 cm³/mol. The fraction of sp³-hybridized carbons (Fsp3) is 0.0625. The number of aldehydes is 1. The first kappa shape index (κ1) is 11.5. The van der Waals surface area contributed by atoms with E-state index in [0.717, 1.165) is 17.4 Å². The molecule has 0 radical (unpaired) electrons. The first-order chi connectivity index (χ1) is 9.35. The molecular formula is C16H12N2O. The van der Waals surface area contributed by atoms with Crippen LogP contribution in [-0.4, -0.2) is 6.29 Å². The molecule has 92 valence electrons. The van der Waals surface area contributed by atoms with Crippen LogP contribution >= 0.6 is 0 Å². The number of rotatable bonds is 3. The van der Waals surface area contributed by atoms with E-state index in [1.54, 1.807) is 0 Å². The summed E-state index contributed by atoms with van der Waals surface area (Å²) in [6.07, 6.45) is 2.54. The predicted octanol–water partition coefficient (Wildman–Crippen LogP) is 3.48. The Kier molecular flexibility index (Phi) is 2.80. The number of azo groups is 1. The van der Waals surface area contributed by atoms with E-state index < -0.39 is 5.54 Å². The topological polar surface area (TPSA) is 41.8 Å². The largest absolute Gasteiger partial charge is 0.296 e. The zero-order valence-corrected chi connectivity index (χ0v) is 10.2. The average molecular weight is 248 g/mol. The van der Waals surface area contributed by atoms with Crippen LogP contribution in [-0.2, 0) is 10.3 Å². The molecule has 3 rings (SSSR count). The van der Waals surface area contributed by atoms with Gasteiger partial charge >= 0.3 is 0 Å². The summed E-state index contributed by atoms with van der Waals surface area (Å²) in [6, 6.07) is 19.7. The third-order valence-corrected chi connectivity index (χ3v) is 3.23. The number of nitrogens with zero attached hydrogens (tertiary/aromatic N) is 2. The molecule has 0 spiro atoms. The van der Waals surface area contributed by atoms with Gasteiger partial charge in [-0.2, -0.15) is 10.2 Å². The van der Waals surface area contributed by atoms with Crippen LogP contribution in [0, 0.1) is 0 Å². The molecule has 0 saturated heterocycles. The van der Waals surface area contributed by atoms with Crippen LogP contribution < -0.4 is 0 Å². The van der Waals surface area contributed by atoms with Crippen LogP contribution in [0.1, 0.15) is 11.1 Å². The van der Waals surface area contributed by atoms with Crippen molar-refractivity contribution in [1.29, 1.82) is 0 Å². The maximum absolute atomic E-state index is 10.9. The van der Waals surface area contributed by atoms with Gasteiger partial charge in [0, 0.05) is 0 Å². The fourth-order valence-electron chi connectivity index (χ4n) is 2.30. The summed E-state index contributed by atoms with van der Waals surface area (Å²) in [5.41, 5.74) is 1.69. The Morgan fingerprint density at radius 3 is 1.79 bits per heavy atom. The highest BCUT2D eigenvalue weighted by atomic mass is 16.1. The van der Waals surface area contributed by atoms with Crippen LogP contribution in [0.5, 0.6) is 0 Å². The van der Waals surface area contributed by atoms with E-state index in [9.17, 15) is 4.79 Å². The number of carbonyl (C=O) groups is 1. The van der Waals surface area contributed by atoms with Gasteiger partial charge in [-0.1, -0.05) is 60.7 Å². The molecule has 0 bridgehead atoms. The molecule has 3 nitrogen and oxygen atoms in total. The Labute approximate surface area is 111 Å². The standard InChI is InChI=1S/C16H12N2O/c19-12-15-11-16(18-17-15,13-7-3-1-4-8-13)14-9-5-2-6-10-14/h1-12H. The summed E-state index contributed by atoms with van der Waals surface area (Å²) >= 11 is 0. The summed E-state index contributed by atoms with van der Waals surface area (Å²) in [5.74, 6) is 0. The van der Waals surface area contributed by atoms with E-state index in [2.05, 4.69) is 10.2 Å². The van der Waals surface area contributed by atoms with E-state index in [1.165, 1.54) is 0 Å². The monoisotopic (exact) mass is 248 g/mol. The second-order valence-corrected chi connectivity index (χ2v) is 4.39. The molecule has 1 aliphatic heterocycles. The molecule has 19 heavy (non-hydrogen) atoms. The van der Waals surface area contributed by atoms with Crippen molar-refractivity contribution in [3.05, 3.63) is 83.6 Å². The van der Waals surface area contributed by atoms with E-state index in [1.807, 2.05) is 66.7 Å². The van der Waals surface area contributed by atoms with E-state index in [-0.39, 0.29) is 0 Å².